The summed E-state index contributed by atoms with van der Waals surface area (Å²) in [5.41, 5.74) is 2.46. The number of halogens is 1. The quantitative estimate of drug-likeness (QED) is 0.909. The second kappa shape index (κ2) is 4.67. The second-order valence-corrected chi connectivity index (χ2v) is 4.14. The normalized spacial score (nSPS) is 10.4. The number of rotatable bonds is 3. The topological polar surface area (TPSA) is 58.1 Å². The van der Waals surface area contributed by atoms with Crippen LogP contribution in [0.3, 0.4) is 0 Å². The van der Waals surface area contributed by atoms with Gasteiger partial charge in [-0.25, -0.2) is 0 Å². The van der Waals surface area contributed by atoms with Crippen molar-refractivity contribution in [3.8, 4) is 17.0 Å². The lowest BCUT2D eigenvalue weighted by atomic mass is 10.1. The van der Waals surface area contributed by atoms with Crippen molar-refractivity contribution in [3.05, 3.63) is 34.4 Å². The van der Waals surface area contributed by atoms with E-state index in [1.807, 2.05) is 24.3 Å². The van der Waals surface area contributed by atoms with Crippen LogP contribution in [-0.4, -0.2) is 22.4 Å². The number of nitrogens with one attached hydrogen (secondary N) is 1. The van der Waals surface area contributed by atoms with Crippen LogP contribution >= 0.6 is 15.9 Å². The van der Waals surface area contributed by atoms with Crippen LogP contribution in [-0.2, 0) is 6.61 Å². The van der Waals surface area contributed by atoms with Crippen LogP contribution in [0.4, 0.5) is 0 Å². The molecule has 0 atom stereocenters. The standard InChI is InChI=1S/C11H11BrN2O2/c1-16-11-3-2-7(4-9(11)12)10-5-8(6-15)13-14-10/h2-5,15H,6H2,1H3,(H,13,14). The summed E-state index contributed by atoms with van der Waals surface area (Å²) in [6, 6.07) is 7.53. The molecule has 4 nitrogen and oxygen atoms in total. The predicted molar refractivity (Wildman–Crippen MR) is 64.2 cm³/mol. The highest BCUT2D eigenvalue weighted by Crippen LogP contribution is 2.29. The first-order chi connectivity index (χ1) is 7.74. The number of aromatic nitrogens is 2. The molecule has 1 aromatic heterocycles. The van der Waals surface area contributed by atoms with Crippen molar-refractivity contribution in [2.75, 3.05) is 7.11 Å². The fourth-order valence-corrected chi connectivity index (χ4v) is 1.96. The van der Waals surface area contributed by atoms with Gasteiger partial charge in [0.05, 0.1) is 29.6 Å². The number of ether oxygens (including phenoxy) is 1. The Morgan fingerprint density at radius 3 is 2.81 bits per heavy atom. The summed E-state index contributed by atoms with van der Waals surface area (Å²) in [4.78, 5) is 0. The van der Waals surface area contributed by atoms with Crippen molar-refractivity contribution in [3.63, 3.8) is 0 Å². The lowest BCUT2D eigenvalue weighted by Gasteiger charge is -2.04. The van der Waals surface area contributed by atoms with Crippen molar-refractivity contribution >= 4 is 15.9 Å². The lowest BCUT2D eigenvalue weighted by molar-refractivity contribution is 0.276. The summed E-state index contributed by atoms with van der Waals surface area (Å²) >= 11 is 3.42. The first-order valence-corrected chi connectivity index (χ1v) is 5.53. The largest absolute Gasteiger partial charge is 0.496 e. The third kappa shape index (κ3) is 2.10. The molecule has 16 heavy (non-hydrogen) atoms. The second-order valence-electron chi connectivity index (χ2n) is 3.29. The molecule has 0 spiro atoms. The summed E-state index contributed by atoms with van der Waals surface area (Å²) < 4.78 is 6.02. The number of hydrogen-bond acceptors (Lipinski definition) is 3. The van der Waals surface area contributed by atoms with E-state index in [2.05, 4.69) is 26.1 Å². The number of hydrogen-bond donors (Lipinski definition) is 2. The van der Waals surface area contributed by atoms with E-state index in [0.29, 0.717) is 5.69 Å². The van der Waals surface area contributed by atoms with Gasteiger partial charge in [0, 0.05) is 5.56 Å². The molecule has 84 valence electrons. The van der Waals surface area contributed by atoms with Gasteiger partial charge in [0.25, 0.3) is 0 Å². The van der Waals surface area contributed by atoms with Crippen molar-refractivity contribution in [1.29, 1.82) is 0 Å². The molecule has 0 aliphatic heterocycles. The van der Waals surface area contributed by atoms with Gasteiger partial charge < -0.3 is 9.84 Å². The number of aliphatic hydroxyl groups excluding tert-OH is 1. The van der Waals surface area contributed by atoms with E-state index in [-0.39, 0.29) is 6.61 Å². The van der Waals surface area contributed by atoms with E-state index >= 15 is 0 Å². The van der Waals surface area contributed by atoms with E-state index in [4.69, 9.17) is 9.84 Å². The molecule has 2 rings (SSSR count). The van der Waals surface area contributed by atoms with Crippen molar-refractivity contribution in [2.45, 2.75) is 6.61 Å². The molecule has 1 heterocycles. The zero-order valence-corrected chi connectivity index (χ0v) is 10.3. The number of H-pyrrole nitrogens is 1. The Labute approximate surface area is 101 Å². The molecule has 0 fully saturated rings. The monoisotopic (exact) mass is 282 g/mol. The summed E-state index contributed by atoms with van der Waals surface area (Å²) in [5.74, 6) is 0.779. The van der Waals surface area contributed by atoms with Gasteiger partial charge in [-0.05, 0) is 40.2 Å². The fraction of sp³-hybridized carbons (Fsp3) is 0.182. The van der Waals surface area contributed by atoms with Crippen LogP contribution in [0.1, 0.15) is 5.69 Å². The van der Waals surface area contributed by atoms with E-state index in [9.17, 15) is 0 Å². The highest BCUT2D eigenvalue weighted by Gasteiger charge is 2.06. The fourth-order valence-electron chi connectivity index (χ4n) is 1.42. The maximum Gasteiger partial charge on any atom is 0.133 e. The summed E-state index contributed by atoms with van der Waals surface area (Å²) in [6.45, 7) is -0.0374. The van der Waals surface area contributed by atoms with E-state index in [0.717, 1.165) is 21.5 Å². The molecule has 0 amide bonds. The maximum absolute atomic E-state index is 8.93. The summed E-state index contributed by atoms with van der Waals surface area (Å²) in [7, 11) is 1.62. The van der Waals surface area contributed by atoms with Gasteiger partial charge in [-0.1, -0.05) is 0 Å². The van der Waals surface area contributed by atoms with Crippen LogP contribution in [0.2, 0.25) is 0 Å². The number of benzene rings is 1. The Morgan fingerprint density at radius 1 is 1.44 bits per heavy atom. The minimum atomic E-state index is -0.0374. The number of nitrogens with zero attached hydrogens (tertiary/aromatic N) is 1. The molecular weight excluding hydrogens is 272 g/mol. The molecule has 1 aromatic carbocycles. The van der Waals surface area contributed by atoms with Crippen LogP contribution in [0.5, 0.6) is 5.75 Å². The van der Waals surface area contributed by atoms with Crippen LogP contribution in [0, 0.1) is 0 Å². The van der Waals surface area contributed by atoms with Gasteiger partial charge >= 0.3 is 0 Å². The van der Waals surface area contributed by atoms with Crippen LogP contribution < -0.4 is 4.74 Å². The zero-order chi connectivity index (χ0) is 11.5. The Morgan fingerprint density at radius 2 is 2.25 bits per heavy atom. The Bertz CT molecular complexity index is 496. The van der Waals surface area contributed by atoms with Gasteiger partial charge in [0.15, 0.2) is 0 Å². The van der Waals surface area contributed by atoms with Crippen molar-refractivity contribution in [1.82, 2.24) is 10.2 Å². The van der Waals surface area contributed by atoms with Crippen LogP contribution in [0.15, 0.2) is 28.7 Å². The summed E-state index contributed by atoms with van der Waals surface area (Å²) in [5, 5.41) is 15.8. The zero-order valence-electron chi connectivity index (χ0n) is 8.70. The van der Waals surface area contributed by atoms with Crippen molar-refractivity contribution in [2.24, 2.45) is 0 Å². The number of methoxy groups -OCH3 is 1. The van der Waals surface area contributed by atoms with Gasteiger partial charge in [-0.2, -0.15) is 5.10 Å². The molecule has 0 aliphatic rings. The van der Waals surface area contributed by atoms with Gasteiger partial charge in [0.1, 0.15) is 5.75 Å². The molecule has 2 N–H and O–H groups in total. The minimum Gasteiger partial charge on any atom is -0.496 e. The van der Waals surface area contributed by atoms with E-state index < -0.39 is 0 Å². The van der Waals surface area contributed by atoms with Crippen molar-refractivity contribution < 1.29 is 9.84 Å². The first-order valence-electron chi connectivity index (χ1n) is 4.73. The first kappa shape index (κ1) is 11.2. The maximum atomic E-state index is 8.93. The van der Waals surface area contributed by atoms with E-state index in [1.165, 1.54) is 0 Å². The van der Waals surface area contributed by atoms with Crippen LogP contribution in [0.25, 0.3) is 11.3 Å². The molecule has 0 radical (unpaired) electrons. The Balaban J connectivity index is 2.37. The van der Waals surface area contributed by atoms with E-state index in [1.54, 1.807) is 7.11 Å². The van der Waals surface area contributed by atoms with Gasteiger partial charge in [-0.15, -0.1) is 0 Å². The third-order valence-electron chi connectivity index (χ3n) is 2.25. The highest BCUT2D eigenvalue weighted by atomic mass is 79.9. The highest BCUT2D eigenvalue weighted by molar-refractivity contribution is 9.10. The number of aromatic amines is 1. The summed E-state index contributed by atoms with van der Waals surface area (Å²) in [6.07, 6.45) is 0. The molecule has 0 unspecified atom stereocenters. The molecule has 0 bridgehead atoms. The predicted octanol–water partition coefficient (Wildman–Crippen LogP) is 2.34. The average molecular weight is 283 g/mol. The molecule has 2 aromatic rings. The number of aliphatic hydroxyl groups is 1. The third-order valence-corrected chi connectivity index (χ3v) is 2.87. The minimum absolute atomic E-state index is 0.0374. The molecule has 0 saturated carbocycles. The molecule has 0 aliphatic carbocycles. The van der Waals surface area contributed by atoms with Gasteiger partial charge in [0.2, 0.25) is 0 Å². The smallest absolute Gasteiger partial charge is 0.133 e. The molecule has 0 saturated heterocycles. The Kier molecular flexibility index (Phi) is 3.26. The average Bonchev–Trinajstić information content (AvgIpc) is 2.77. The Hall–Kier alpha value is -1.33. The van der Waals surface area contributed by atoms with Gasteiger partial charge in [-0.3, -0.25) is 5.10 Å². The lowest BCUT2D eigenvalue weighted by Crippen LogP contribution is -1.85. The SMILES string of the molecule is COc1ccc(-c2cc(CO)[nH]n2)cc1Br. The molecular formula is C11H11BrN2O2. The molecule has 5 heteroatoms.